The smallest absolute Gasteiger partial charge is 0.170 e. The van der Waals surface area contributed by atoms with Crippen molar-refractivity contribution in [3.63, 3.8) is 0 Å². The molecule has 5 heteroatoms. The Kier molecular flexibility index (Phi) is 6.16. The van der Waals surface area contributed by atoms with Crippen LogP contribution < -0.4 is 0 Å². The molecule has 0 aromatic heterocycles. The first-order valence-corrected chi connectivity index (χ1v) is 9.24. The molecule has 0 amide bonds. The number of benzene rings is 3. The second-order valence-electron chi connectivity index (χ2n) is 6.69. The standard InChI is InChI=1S/C24H19F5/c1-3-5-6-14-7-9-16(10-8-14)21(26)22(27)18-13-17-12-11-15(4-2)20(25)19(17)24(29)23(18)28/h3,7-13H,1,4-6H2,2H3. The van der Waals surface area contributed by atoms with E-state index in [2.05, 4.69) is 6.58 Å². The maximum absolute atomic E-state index is 14.7. The van der Waals surface area contributed by atoms with Crippen LogP contribution >= 0.6 is 0 Å². The quantitative estimate of drug-likeness (QED) is 0.225. The molecular weight excluding hydrogens is 383 g/mol. The molecule has 0 unspecified atom stereocenters. The van der Waals surface area contributed by atoms with Crippen molar-refractivity contribution in [2.24, 2.45) is 0 Å². The number of allylic oxidation sites excluding steroid dienone is 1. The summed E-state index contributed by atoms with van der Waals surface area (Å²) in [6, 6.07) is 9.70. The van der Waals surface area contributed by atoms with Crippen LogP contribution in [0, 0.1) is 17.5 Å². The first-order chi connectivity index (χ1) is 13.9. The Hall–Kier alpha value is -2.95. The van der Waals surface area contributed by atoms with E-state index in [1.807, 2.05) is 0 Å². The highest BCUT2D eigenvalue weighted by atomic mass is 19.2. The number of halogens is 5. The molecular formula is C24H19F5. The normalized spacial score (nSPS) is 12.2. The third-order valence-electron chi connectivity index (χ3n) is 4.86. The highest BCUT2D eigenvalue weighted by molar-refractivity contribution is 5.91. The van der Waals surface area contributed by atoms with Crippen molar-refractivity contribution in [2.75, 3.05) is 0 Å². The fourth-order valence-electron chi connectivity index (χ4n) is 3.19. The van der Waals surface area contributed by atoms with Crippen LogP contribution in [0.25, 0.3) is 22.4 Å². The monoisotopic (exact) mass is 402 g/mol. The second kappa shape index (κ2) is 8.60. The van der Waals surface area contributed by atoms with Crippen LogP contribution in [0.3, 0.4) is 0 Å². The summed E-state index contributed by atoms with van der Waals surface area (Å²) in [5.41, 5.74) is 0.137. The summed E-state index contributed by atoms with van der Waals surface area (Å²) < 4.78 is 72.7. The highest BCUT2D eigenvalue weighted by Gasteiger charge is 2.23. The Bertz CT molecular complexity index is 1090. The van der Waals surface area contributed by atoms with Gasteiger partial charge in [-0.3, -0.25) is 0 Å². The minimum Gasteiger partial charge on any atom is -0.206 e. The molecule has 3 aromatic carbocycles. The van der Waals surface area contributed by atoms with Crippen LogP contribution in [0.1, 0.15) is 35.6 Å². The van der Waals surface area contributed by atoms with Crippen LogP contribution in [-0.2, 0) is 12.8 Å². The van der Waals surface area contributed by atoms with Gasteiger partial charge in [-0.2, -0.15) is 0 Å². The van der Waals surface area contributed by atoms with Crippen LogP contribution in [-0.4, -0.2) is 0 Å². The van der Waals surface area contributed by atoms with Gasteiger partial charge in [0.25, 0.3) is 0 Å². The summed E-state index contributed by atoms with van der Waals surface area (Å²) in [7, 11) is 0. The maximum atomic E-state index is 14.7. The van der Waals surface area contributed by atoms with Gasteiger partial charge >= 0.3 is 0 Å². The average molecular weight is 402 g/mol. The molecule has 0 saturated carbocycles. The van der Waals surface area contributed by atoms with Crippen molar-refractivity contribution >= 4 is 22.4 Å². The summed E-state index contributed by atoms with van der Waals surface area (Å²) >= 11 is 0. The SMILES string of the molecule is C=CCCc1ccc(C(F)=C(F)c2cc3ccc(CC)c(F)c3c(F)c2F)cc1. The van der Waals surface area contributed by atoms with Crippen LogP contribution in [0.2, 0.25) is 0 Å². The number of hydrogen-bond donors (Lipinski definition) is 0. The van der Waals surface area contributed by atoms with Crippen molar-refractivity contribution in [2.45, 2.75) is 26.2 Å². The van der Waals surface area contributed by atoms with E-state index in [4.69, 9.17) is 0 Å². The van der Waals surface area contributed by atoms with E-state index in [0.717, 1.165) is 18.1 Å². The molecule has 0 bridgehead atoms. The molecule has 0 spiro atoms. The molecule has 0 aliphatic rings. The van der Waals surface area contributed by atoms with Gasteiger partial charge < -0.3 is 0 Å². The molecule has 0 atom stereocenters. The van der Waals surface area contributed by atoms with Crippen molar-refractivity contribution in [3.05, 3.63) is 94.8 Å². The van der Waals surface area contributed by atoms with Gasteiger partial charge in [-0.05, 0) is 41.8 Å². The lowest BCUT2D eigenvalue weighted by Crippen LogP contribution is -1.99. The average Bonchev–Trinajstić information content (AvgIpc) is 2.74. The molecule has 0 saturated heterocycles. The molecule has 3 aromatic rings. The topological polar surface area (TPSA) is 0 Å². The highest BCUT2D eigenvalue weighted by Crippen LogP contribution is 2.35. The summed E-state index contributed by atoms with van der Waals surface area (Å²) in [4.78, 5) is 0. The van der Waals surface area contributed by atoms with E-state index in [1.54, 1.807) is 25.1 Å². The molecule has 0 aliphatic carbocycles. The zero-order chi connectivity index (χ0) is 21.1. The van der Waals surface area contributed by atoms with E-state index < -0.39 is 40.1 Å². The largest absolute Gasteiger partial charge is 0.206 e. The van der Waals surface area contributed by atoms with Gasteiger partial charge in [0.1, 0.15) is 5.82 Å². The Morgan fingerprint density at radius 1 is 0.897 bits per heavy atom. The molecule has 0 radical (unpaired) electrons. The maximum Gasteiger partial charge on any atom is 0.170 e. The lowest BCUT2D eigenvalue weighted by atomic mass is 9.99. The van der Waals surface area contributed by atoms with Crippen molar-refractivity contribution < 1.29 is 22.0 Å². The Balaban J connectivity index is 2.09. The number of fused-ring (bicyclic) bond motifs is 1. The fourth-order valence-corrected chi connectivity index (χ4v) is 3.19. The zero-order valence-corrected chi connectivity index (χ0v) is 15.8. The first kappa shape index (κ1) is 20.8. The summed E-state index contributed by atoms with van der Waals surface area (Å²) in [5, 5.41) is -0.610. The molecule has 0 nitrogen and oxygen atoms in total. The lowest BCUT2D eigenvalue weighted by molar-refractivity contribution is 0.505. The summed E-state index contributed by atoms with van der Waals surface area (Å²) in [5.74, 6) is -6.91. The first-order valence-electron chi connectivity index (χ1n) is 9.24. The van der Waals surface area contributed by atoms with Crippen molar-refractivity contribution in [1.29, 1.82) is 0 Å². The van der Waals surface area contributed by atoms with Gasteiger partial charge in [-0.25, -0.2) is 22.0 Å². The Morgan fingerprint density at radius 3 is 2.21 bits per heavy atom. The third kappa shape index (κ3) is 3.95. The molecule has 3 rings (SSSR count). The molecule has 29 heavy (non-hydrogen) atoms. The molecule has 0 fully saturated rings. The number of hydrogen-bond acceptors (Lipinski definition) is 0. The van der Waals surface area contributed by atoms with E-state index in [-0.39, 0.29) is 22.9 Å². The van der Waals surface area contributed by atoms with Crippen LogP contribution in [0.15, 0.2) is 55.1 Å². The lowest BCUT2D eigenvalue weighted by Gasteiger charge is -2.10. The molecule has 150 valence electrons. The minimum absolute atomic E-state index is 0.0451. The van der Waals surface area contributed by atoms with E-state index in [9.17, 15) is 22.0 Å². The Labute approximate surface area is 166 Å². The molecule has 0 N–H and O–H groups in total. The second-order valence-corrected chi connectivity index (χ2v) is 6.69. The van der Waals surface area contributed by atoms with Gasteiger partial charge in [0.15, 0.2) is 23.3 Å². The Morgan fingerprint density at radius 2 is 1.59 bits per heavy atom. The summed E-state index contributed by atoms with van der Waals surface area (Å²) in [6.45, 7) is 5.30. The predicted molar refractivity (Wildman–Crippen MR) is 107 cm³/mol. The van der Waals surface area contributed by atoms with Gasteiger partial charge in [-0.15, -0.1) is 6.58 Å². The van der Waals surface area contributed by atoms with E-state index in [1.165, 1.54) is 24.3 Å². The van der Waals surface area contributed by atoms with Gasteiger partial charge in [0, 0.05) is 5.56 Å². The van der Waals surface area contributed by atoms with E-state index >= 15 is 0 Å². The van der Waals surface area contributed by atoms with Gasteiger partial charge in [0.05, 0.1) is 10.9 Å². The minimum atomic E-state index is -1.63. The molecule has 0 aliphatic heterocycles. The molecule has 0 heterocycles. The third-order valence-corrected chi connectivity index (χ3v) is 4.86. The van der Waals surface area contributed by atoms with Crippen LogP contribution in [0.4, 0.5) is 22.0 Å². The van der Waals surface area contributed by atoms with Gasteiger partial charge in [-0.1, -0.05) is 49.4 Å². The zero-order valence-electron chi connectivity index (χ0n) is 15.8. The summed E-state index contributed by atoms with van der Waals surface area (Å²) in [6.07, 6.45) is 3.48. The van der Waals surface area contributed by atoms with Gasteiger partial charge in [0.2, 0.25) is 0 Å². The van der Waals surface area contributed by atoms with Crippen molar-refractivity contribution in [1.82, 2.24) is 0 Å². The predicted octanol–water partition coefficient (Wildman–Crippen LogP) is 7.70. The van der Waals surface area contributed by atoms with Crippen molar-refractivity contribution in [3.8, 4) is 0 Å². The van der Waals surface area contributed by atoms with E-state index in [0.29, 0.717) is 6.42 Å². The number of aryl methyl sites for hydroxylation is 2. The van der Waals surface area contributed by atoms with Crippen LogP contribution in [0.5, 0.6) is 0 Å². The number of rotatable bonds is 6. The fraction of sp³-hybridized carbons (Fsp3) is 0.167.